The van der Waals surface area contributed by atoms with Crippen molar-refractivity contribution in [2.45, 2.75) is 36.9 Å². The summed E-state index contributed by atoms with van der Waals surface area (Å²) in [6, 6.07) is 8.78. The van der Waals surface area contributed by atoms with Crippen LogP contribution in [-0.4, -0.2) is 31.1 Å². The highest BCUT2D eigenvalue weighted by molar-refractivity contribution is 7.99. The molecule has 1 aliphatic rings. The maximum atomic E-state index is 5.68. The van der Waals surface area contributed by atoms with Crippen LogP contribution in [0.15, 0.2) is 29.2 Å². The first-order valence-corrected chi connectivity index (χ1v) is 8.41. The highest BCUT2D eigenvalue weighted by Gasteiger charge is 2.13. The van der Waals surface area contributed by atoms with Crippen LogP contribution in [0.2, 0.25) is 0 Å². The number of thioether (sulfide) groups is 1. The van der Waals surface area contributed by atoms with Gasteiger partial charge in [-0.3, -0.25) is 0 Å². The van der Waals surface area contributed by atoms with Gasteiger partial charge in [0.2, 0.25) is 0 Å². The average Bonchev–Trinajstić information content (AvgIpc) is 2.47. The average molecular weight is 301 g/mol. The molecule has 1 fully saturated rings. The molecule has 19 heavy (non-hydrogen) atoms. The van der Waals surface area contributed by atoms with Crippen LogP contribution in [0.4, 0.5) is 0 Å². The molecule has 0 radical (unpaired) electrons. The minimum Gasteiger partial charge on any atom is -0.353 e. The van der Waals surface area contributed by atoms with Crippen molar-refractivity contribution in [3.63, 3.8) is 0 Å². The normalized spacial score (nSPS) is 16.7. The third kappa shape index (κ3) is 5.74. The Morgan fingerprint density at radius 1 is 1.16 bits per heavy atom. The molecule has 2 rings (SSSR count). The molecule has 0 bridgehead atoms. The number of hydrogen-bond donors (Lipinski definition) is 0. The minimum atomic E-state index is 0.0206. The van der Waals surface area contributed by atoms with Crippen molar-refractivity contribution in [3.05, 3.63) is 29.8 Å². The third-order valence-electron chi connectivity index (χ3n) is 3.07. The summed E-state index contributed by atoms with van der Waals surface area (Å²) in [5.41, 5.74) is 1.38. The predicted octanol–water partition coefficient (Wildman–Crippen LogP) is 4.10. The molecule has 0 atom stereocenters. The Morgan fingerprint density at radius 2 is 1.89 bits per heavy atom. The molecule has 0 aromatic heterocycles. The Kier molecular flexibility index (Phi) is 7.07. The lowest BCUT2D eigenvalue weighted by Gasteiger charge is -2.23. The number of alkyl halides is 1. The van der Waals surface area contributed by atoms with Gasteiger partial charge in [0.15, 0.2) is 6.29 Å². The van der Waals surface area contributed by atoms with Gasteiger partial charge in [0.25, 0.3) is 0 Å². The number of rotatable bonds is 7. The molecule has 106 valence electrons. The van der Waals surface area contributed by atoms with E-state index in [1.54, 1.807) is 11.8 Å². The lowest BCUT2D eigenvalue weighted by molar-refractivity contribution is -0.181. The SMILES string of the molecule is ClCCSc1ccc(CCCC2OCCCO2)cc1. The maximum absolute atomic E-state index is 5.68. The molecular weight excluding hydrogens is 280 g/mol. The van der Waals surface area contributed by atoms with E-state index in [-0.39, 0.29) is 6.29 Å². The lowest BCUT2D eigenvalue weighted by atomic mass is 10.1. The van der Waals surface area contributed by atoms with Crippen LogP contribution < -0.4 is 0 Å². The summed E-state index contributed by atoms with van der Waals surface area (Å²) >= 11 is 7.48. The Hall–Kier alpha value is -0.220. The zero-order valence-electron chi connectivity index (χ0n) is 11.1. The van der Waals surface area contributed by atoms with Gasteiger partial charge in [-0.05, 0) is 43.4 Å². The molecule has 2 nitrogen and oxygen atoms in total. The van der Waals surface area contributed by atoms with Crippen molar-refractivity contribution >= 4 is 23.4 Å². The van der Waals surface area contributed by atoms with Crippen LogP contribution in [0, 0.1) is 0 Å². The Morgan fingerprint density at radius 3 is 2.58 bits per heavy atom. The van der Waals surface area contributed by atoms with Crippen LogP contribution in [0.1, 0.15) is 24.8 Å². The van der Waals surface area contributed by atoms with Gasteiger partial charge >= 0.3 is 0 Å². The molecule has 1 heterocycles. The fourth-order valence-electron chi connectivity index (χ4n) is 2.08. The standard InChI is InChI=1S/C15H21ClO2S/c16-9-12-19-14-7-5-13(6-8-14)3-1-4-15-17-10-2-11-18-15/h5-8,15H,1-4,9-12H2. The van der Waals surface area contributed by atoms with E-state index in [4.69, 9.17) is 21.1 Å². The maximum Gasteiger partial charge on any atom is 0.157 e. The van der Waals surface area contributed by atoms with Crippen molar-refractivity contribution < 1.29 is 9.47 Å². The summed E-state index contributed by atoms with van der Waals surface area (Å²) in [5, 5.41) is 0. The van der Waals surface area contributed by atoms with E-state index in [0.717, 1.165) is 44.6 Å². The van der Waals surface area contributed by atoms with Crippen LogP contribution >= 0.6 is 23.4 Å². The number of hydrogen-bond acceptors (Lipinski definition) is 3. The topological polar surface area (TPSA) is 18.5 Å². The predicted molar refractivity (Wildman–Crippen MR) is 81.1 cm³/mol. The zero-order chi connectivity index (χ0) is 13.3. The van der Waals surface area contributed by atoms with E-state index >= 15 is 0 Å². The van der Waals surface area contributed by atoms with E-state index in [2.05, 4.69) is 24.3 Å². The minimum absolute atomic E-state index is 0.0206. The van der Waals surface area contributed by atoms with Gasteiger partial charge < -0.3 is 9.47 Å². The van der Waals surface area contributed by atoms with Gasteiger partial charge in [0.05, 0.1) is 13.2 Å². The zero-order valence-corrected chi connectivity index (χ0v) is 12.7. The van der Waals surface area contributed by atoms with E-state index in [9.17, 15) is 0 Å². The molecule has 0 amide bonds. The molecule has 0 N–H and O–H groups in total. The number of benzene rings is 1. The van der Waals surface area contributed by atoms with E-state index in [0.29, 0.717) is 5.88 Å². The molecule has 0 spiro atoms. The smallest absolute Gasteiger partial charge is 0.157 e. The molecule has 4 heteroatoms. The van der Waals surface area contributed by atoms with Crippen LogP contribution in [-0.2, 0) is 15.9 Å². The molecule has 0 aliphatic carbocycles. The van der Waals surface area contributed by atoms with Crippen molar-refractivity contribution in [1.29, 1.82) is 0 Å². The van der Waals surface area contributed by atoms with Crippen molar-refractivity contribution in [2.75, 3.05) is 24.8 Å². The van der Waals surface area contributed by atoms with Gasteiger partial charge in [0.1, 0.15) is 0 Å². The molecular formula is C15H21ClO2S. The fourth-order valence-corrected chi connectivity index (χ4v) is 2.96. The largest absolute Gasteiger partial charge is 0.353 e. The first-order valence-electron chi connectivity index (χ1n) is 6.89. The molecule has 0 unspecified atom stereocenters. The van der Waals surface area contributed by atoms with Gasteiger partial charge in [0, 0.05) is 16.5 Å². The fraction of sp³-hybridized carbons (Fsp3) is 0.600. The summed E-state index contributed by atoms with van der Waals surface area (Å²) in [6.07, 6.45) is 4.23. The third-order valence-corrected chi connectivity index (χ3v) is 4.50. The van der Waals surface area contributed by atoms with Crippen molar-refractivity contribution in [2.24, 2.45) is 0 Å². The Labute approximate surface area is 124 Å². The Bertz CT molecular complexity index is 350. The number of aryl methyl sites for hydroxylation is 1. The molecule has 1 aromatic rings. The van der Waals surface area contributed by atoms with Crippen molar-refractivity contribution in [1.82, 2.24) is 0 Å². The highest BCUT2D eigenvalue weighted by Crippen LogP contribution is 2.20. The number of halogens is 1. The first-order chi connectivity index (χ1) is 9.38. The Balaban J connectivity index is 1.67. The van der Waals surface area contributed by atoms with Gasteiger partial charge in [-0.1, -0.05) is 12.1 Å². The summed E-state index contributed by atoms with van der Waals surface area (Å²) < 4.78 is 11.1. The van der Waals surface area contributed by atoms with Gasteiger partial charge in [-0.25, -0.2) is 0 Å². The van der Waals surface area contributed by atoms with Crippen LogP contribution in [0.5, 0.6) is 0 Å². The van der Waals surface area contributed by atoms with Crippen molar-refractivity contribution in [3.8, 4) is 0 Å². The first kappa shape index (κ1) is 15.2. The summed E-state index contributed by atoms with van der Waals surface area (Å²) in [6.45, 7) is 1.69. The van der Waals surface area contributed by atoms with Gasteiger partial charge in [-0.15, -0.1) is 23.4 Å². The second-order valence-electron chi connectivity index (χ2n) is 4.60. The van der Waals surface area contributed by atoms with Crippen LogP contribution in [0.25, 0.3) is 0 Å². The molecule has 1 aliphatic heterocycles. The van der Waals surface area contributed by atoms with E-state index < -0.39 is 0 Å². The summed E-state index contributed by atoms with van der Waals surface area (Å²) in [5.74, 6) is 1.67. The highest BCUT2D eigenvalue weighted by atomic mass is 35.5. The molecule has 1 aromatic carbocycles. The van der Waals surface area contributed by atoms with E-state index in [1.807, 2.05) is 0 Å². The second kappa shape index (κ2) is 8.85. The quantitative estimate of drug-likeness (QED) is 0.558. The monoisotopic (exact) mass is 300 g/mol. The van der Waals surface area contributed by atoms with E-state index in [1.165, 1.54) is 10.5 Å². The lowest BCUT2D eigenvalue weighted by Crippen LogP contribution is -2.24. The number of ether oxygens (including phenoxy) is 2. The summed E-state index contributed by atoms with van der Waals surface area (Å²) in [4.78, 5) is 1.29. The van der Waals surface area contributed by atoms with Gasteiger partial charge in [-0.2, -0.15) is 0 Å². The molecule has 1 saturated heterocycles. The molecule has 0 saturated carbocycles. The summed E-state index contributed by atoms with van der Waals surface area (Å²) in [7, 11) is 0. The van der Waals surface area contributed by atoms with Crippen LogP contribution in [0.3, 0.4) is 0 Å². The second-order valence-corrected chi connectivity index (χ2v) is 6.14.